The molecule has 7 heteroatoms. The first-order valence-electron chi connectivity index (χ1n) is 7.97. The number of hydrogen-bond acceptors (Lipinski definition) is 5. The summed E-state index contributed by atoms with van der Waals surface area (Å²) < 4.78 is 11.5. The maximum Gasteiger partial charge on any atom is 0.271 e. The fraction of sp³-hybridized carbons (Fsp3) is 0.105. The number of hydrogen-bond donors (Lipinski definition) is 2. The minimum Gasteiger partial charge on any atom is -0.496 e. The van der Waals surface area contributed by atoms with Gasteiger partial charge in [0.2, 0.25) is 0 Å². The lowest BCUT2D eigenvalue weighted by Gasteiger charge is -2.08. The van der Waals surface area contributed by atoms with E-state index in [4.69, 9.17) is 14.9 Å². The van der Waals surface area contributed by atoms with Gasteiger partial charge in [0.1, 0.15) is 22.8 Å². The lowest BCUT2D eigenvalue weighted by molar-refractivity contribution is 0.0996. The van der Waals surface area contributed by atoms with Crippen molar-refractivity contribution >= 4 is 16.9 Å². The summed E-state index contributed by atoms with van der Waals surface area (Å²) in [6, 6.07) is 13.7. The van der Waals surface area contributed by atoms with Gasteiger partial charge in [-0.1, -0.05) is 30.3 Å². The molecule has 0 atom stereocenters. The van der Waals surface area contributed by atoms with E-state index in [-0.39, 0.29) is 5.69 Å². The van der Waals surface area contributed by atoms with E-state index < -0.39 is 5.91 Å². The van der Waals surface area contributed by atoms with Gasteiger partial charge in [-0.15, -0.1) is 0 Å². The number of primary amides is 1. The van der Waals surface area contributed by atoms with Crippen LogP contribution < -0.4 is 10.5 Å². The van der Waals surface area contributed by atoms with Crippen molar-refractivity contribution in [3.05, 3.63) is 53.9 Å². The number of aryl methyl sites for hydroxylation is 1. The largest absolute Gasteiger partial charge is 0.496 e. The molecule has 0 saturated carbocycles. The average Bonchev–Trinajstić information content (AvgIpc) is 3.24. The summed E-state index contributed by atoms with van der Waals surface area (Å²) in [6.07, 6.45) is 0. The summed E-state index contributed by atoms with van der Waals surface area (Å²) in [7, 11) is 1.56. The van der Waals surface area contributed by atoms with E-state index in [0.29, 0.717) is 22.6 Å². The lowest BCUT2D eigenvalue weighted by atomic mass is 10.00. The molecule has 0 aliphatic heterocycles. The zero-order valence-corrected chi connectivity index (χ0v) is 14.2. The number of benzene rings is 2. The van der Waals surface area contributed by atoms with E-state index in [1.54, 1.807) is 13.2 Å². The highest BCUT2D eigenvalue weighted by atomic mass is 16.5. The van der Waals surface area contributed by atoms with E-state index >= 15 is 0 Å². The van der Waals surface area contributed by atoms with Gasteiger partial charge in [0.05, 0.1) is 12.7 Å². The molecule has 7 nitrogen and oxygen atoms in total. The topological polar surface area (TPSA) is 107 Å². The van der Waals surface area contributed by atoms with Crippen LogP contribution in [0.1, 0.15) is 16.2 Å². The highest BCUT2D eigenvalue weighted by molar-refractivity contribution is 6.02. The Bertz CT molecular complexity index is 1110. The molecule has 0 bridgehead atoms. The summed E-state index contributed by atoms with van der Waals surface area (Å²) >= 11 is 0. The number of methoxy groups -OCH3 is 1. The van der Waals surface area contributed by atoms with E-state index in [9.17, 15) is 4.79 Å². The van der Waals surface area contributed by atoms with Gasteiger partial charge in [-0.05, 0) is 24.6 Å². The third-order valence-corrected chi connectivity index (χ3v) is 4.29. The maximum absolute atomic E-state index is 11.6. The summed E-state index contributed by atoms with van der Waals surface area (Å²) in [5.74, 6) is 0.670. The molecular weight excluding hydrogens is 332 g/mol. The Morgan fingerprint density at radius 3 is 2.65 bits per heavy atom. The molecule has 4 aromatic rings. The zero-order chi connectivity index (χ0) is 18.3. The van der Waals surface area contributed by atoms with Crippen LogP contribution in [0.5, 0.6) is 5.75 Å². The monoisotopic (exact) mass is 348 g/mol. The van der Waals surface area contributed by atoms with E-state index in [2.05, 4.69) is 15.4 Å². The summed E-state index contributed by atoms with van der Waals surface area (Å²) in [5, 5.41) is 11.2. The van der Waals surface area contributed by atoms with Crippen LogP contribution in [-0.2, 0) is 0 Å². The second-order valence-corrected chi connectivity index (χ2v) is 5.83. The highest BCUT2D eigenvalue weighted by Crippen LogP contribution is 2.41. The number of rotatable bonds is 4. The Kier molecular flexibility index (Phi) is 3.69. The number of amides is 1. The number of ether oxygens (including phenoxy) is 1. The molecule has 0 spiro atoms. The molecule has 2 aromatic carbocycles. The number of fused-ring (bicyclic) bond motifs is 1. The Labute approximate surface area is 148 Å². The molecule has 0 unspecified atom stereocenters. The van der Waals surface area contributed by atoms with Gasteiger partial charge >= 0.3 is 0 Å². The standard InChI is InChI=1S/C19H16N4O3/c1-10-16(11-6-4-3-5-7-11)12-8-14(25-2)13(9-15(12)26-10)17-18(19(20)24)22-23-21-17/h3-9H,1-2H3,(H2,20,24)(H,21,22,23). The average molecular weight is 348 g/mol. The Morgan fingerprint density at radius 2 is 1.96 bits per heavy atom. The van der Waals surface area contributed by atoms with Gasteiger partial charge in [0.15, 0.2) is 5.69 Å². The predicted octanol–water partition coefficient (Wildman–Crippen LogP) is 3.30. The number of nitrogens with one attached hydrogen (secondary N) is 1. The summed E-state index contributed by atoms with van der Waals surface area (Å²) in [6.45, 7) is 1.92. The van der Waals surface area contributed by atoms with Crippen molar-refractivity contribution in [2.45, 2.75) is 6.92 Å². The SMILES string of the molecule is COc1cc2c(-c3ccccc3)c(C)oc2cc1-c1n[nH]nc1C(N)=O. The molecule has 26 heavy (non-hydrogen) atoms. The number of aromatic nitrogens is 3. The molecular formula is C19H16N4O3. The minimum absolute atomic E-state index is 0.0502. The van der Waals surface area contributed by atoms with Gasteiger partial charge in [0, 0.05) is 10.9 Å². The second kappa shape index (κ2) is 6.03. The van der Waals surface area contributed by atoms with Gasteiger partial charge in [-0.2, -0.15) is 15.4 Å². The van der Waals surface area contributed by atoms with Crippen LogP contribution in [0.4, 0.5) is 0 Å². The van der Waals surface area contributed by atoms with Crippen LogP contribution in [-0.4, -0.2) is 28.4 Å². The predicted molar refractivity (Wildman–Crippen MR) is 96.8 cm³/mol. The van der Waals surface area contributed by atoms with Gasteiger partial charge in [-0.3, -0.25) is 4.79 Å². The first-order valence-corrected chi connectivity index (χ1v) is 7.97. The summed E-state index contributed by atoms with van der Waals surface area (Å²) in [4.78, 5) is 11.6. The van der Waals surface area contributed by atoms with E-state index in [1.807, 2.05) is 43.3 Å². The van der Waals surface area contributed by atoms with E-state index in [1.165, 1.54) is 0 Å². The zero-order valence-electron chi connectivity index (χ0n) is 14.2. The molecule has 0 aliphatic rings. The highest BCUT2D eigenvalue weighted by Gasteiger charge is 2.22. The van der Waals surface area contributed by atoms with Crippen molar-refractivity contribution in [1.29, 1.82) is 0 Å². The molecule has 130 valence electrons. The van der Waals surface area contributed by atoms with Crippen molar-refractivity contribution in [2.75, 3.05) is 7.11 Å². The first kappa shape index (κ1) is 15.9. The minimum atomic E-state index is -0.670. The number of nitrogens with zero attached hydrogens (tertiary/aromatic N) is 2. The Balaban J connectivity index is 1.98. The summed E-state index contributed by atoms with van der Waals surface area (Å²) in [5.41, 5.74) is 9.05. The molecule has 0 fully saturated rings. The molecule has 4 rings (SSSR count). The van der Waals surface area contributed by atoms with Crippen molar-refractivity contribution in [3.8, 4) is 28.1 Å². The number of nitrogens with two attached hydrogens (primary N) is 1. The molecule has 0 aliphatic carbocycles. The Hall–Kier alpha value is -3.61. The third kappa shape index (κ3) is 2.41. The second-order valence-electron chi connectivity index (χ2n) is 5.83. The van der Waals surface area contributed by atoms with Crippen LogP contribution in [0.15, 0.2) is 46.9 Å². The molecule has 2 aromatic heterocycles. The number of carbonyl (C=O) groups is 1. The maximum atomic E-state index is 11.6. The molecule has 3 N–H and O–H groups in total. The smallest absolute Gasteiger partial charge is 0.271 e. The van der Waals surface area contributed by atoms with Crippen LogP contribution in [0.25, 0.3) is 33.4 Å². The van der Waals surface area contributed by atoms with Crippen molar-refractivity contribution in [1.82, 2.24) is 15.4 Å². The first-order chi connectivity index (χ1) is 12.6. The molecule has 0 radical (unpaired) electrons. The van der Waals surface area contributed by atoms with Crippen LogP contribution in [0, 0.1) is 6.92 Å². The van der Waals surface area contributed by atoms with Crippen molar-refractivity contribution in [2.24, 2.45) is 5.73 Å². The Morgan fingerprint density at radius 1 is 1.19 bits per heavy atom. The van der Waals surface area contributed by atoms with Gasteiger partial charge < -0.3 is 14.9 Å². The third-order valence-electron chi connectivity index (χ3n) is 4.29. The van der Waals surface area contributed by atoms with Gasteiger partial charge in [-0.25, -0.2) is 0 Å². The fourth-order valence-corrected chi connectivity index (χ4v) is 3.15. The van der Waals surface area contributed by atoms with Crippen molar-refractivity contribution in [3.63, 3.8) is 0 Å². The molecule has 1 amide bonds. The van der Waals surface area contributed by atoms with Crippen LogP contribution >= 0.6 is 0 Å². The number of furan rings is 1. The number of H-pyrrole nitrogens is 1. The normalized spacial score (nSPS) is 11.0. The number of aromatic amines is 1. The molecule has 2 heterocycles. The lowest BCUT2D eigenvalue weighted by Crippen LogP contribution is -2.12. The van der Waals surface area contributed by atoms with Gasteiger partial charge in [0.25, 0.3) is 5.91 Å². The van der Waals surface area contributed by atoms with E-state index in [0.717, 1.165) is 22.3 Å². The fourth-order valence-electron chi connectivity index (χ4n) is 3.15. The number of carbonyl (C=O) groups excluding carboxylic acids is 1. The van der Waals surface area contributed by atoms with Crippen molar-refractivity contribution < 1.29 is 13.9 Å². The quantitative estimate of drug-likeness (QED) is 0.588. The molecule has 0 saturated heterocycles. The van der Waals surface area contributed by atoms with Crippen LogP contribution in [0.3, 0.4) is 0 Å². The van der Waals surface area contributed by atoms with Crippen LogP contribution in [0.2, 0.25) is 0 Å².